The van der Waals surface area contributed by atoms with Gasteiger partial charge in [0, 0.05) is 11.8 Å². The summed E-state index contributed by atoms with van der Waals surface area (Å²) in [6, 6.07) is 2.03. The molecule has 5 nitrogen and oxygen atoms in total. The highest BCUT2D eigenvalue weighted by molar-refractivity contribution is 5.85. The average Bonchev–Trinajstić information content (AvgIpc) is 2.95. The normalized spacial score (nSPS) is 18.6. The molecule has 1 amide bonds. The van der Waals surface area contributed by atoms with Gasteiger partial charge < -0.3 is 10.6 Å². The van der Waals surface area contributed by atoms with Gasteiger partial charge >= 0.3 is 0 Å². The second kappa shape index (κ2) is 7.09. The number of carbonyl (C=O) groups excluding carboxylic acids is 1. The van der Waals surface area contributed by atoms with Gasteiger partial charge in [-0.05, 0) is 31.5 Å². The van der Waals surface area contributed by atoms with E-state index < -0.39 is 0 Å². The van der Waals surface area contributed by atoms with E-state index in [1.165, 1.54) is 0 Å². The number of amides is 1. The smallest absolute Gasteiger partial charge is 0.220 e. The fraction of sp³-hybridized carbons (Fsp3) is 0.714. The van der Waals surface area contributed by atoms with Gasteiger partial charge in [0.25, 0.3) is 0 Å². The van der Waals surface area contributed by atoms with E-state index >= 15 is 0 Å². The van der Waals surface area contributed by atoms with Gasteiger partial charge in [0.2, 0.25) is 5.91 Å². The summed E-state index contributed by atoms with van der Waals surface area (Å²) in [5, 5.41) is 13.5. The Morgan fingerprint density at radius 1 is 1.50 bits per heavy atom. The molecule has 0 bridgehead atoms. The number of nitrogens with one attached hydrogen (secondary N) is 3. The van der Waals surface area contributed by atoms with Crippen LogP contribution in [0.4, 0.5) is 0 Å². The number of aromatic nitrogens is 2. The van der Waals surface area contributed by atoms with Gasteiger partial charge in [0.05, 0.1) is 17.9 Å². The van der Waals surface area contributed by atoms with Gasteiger partial charge in [-0.3, -0.25) is 9.89 Å². The Morgan fingerprint density at radius 3 is 2.80 bits per heavy atom. The molecule has 1 aromatic heterocycles. The van der Waals surface area contributed by atoms with Crippen molar-refractivity contribution in [3.05, 3.63) is 17.5 Å². The van der Waals surface area contributed by atoms with E-state index in [4.69, 9.17) is 0 Å². The number of hydrogen-bond donors (Lipinski definition) is 3. The van der Waals surface area contributed by atoms with Crippen LogP contribution in [-0.2, 0) is 16.8 Å². The molecule has 114 valence electrons. The van der Waals surface area contributed by atoms with Crippen LogP contribution < -0.4 is 10.6 Å². The fourth-order valence-corrected chi connectivity index (χ4v) is 2.25. The quantitative estimate of drug-likeness (QED) is 0.793. The van der Waals surface area contributed by atoms with Crippen LogP contribution in [0.3, 0.4) is 0 Å². The monoisotopic (exact) mass is 300 g/mol. The van der Waals surface area contributed by atoms with Gasteiger partial charge in [-0.2, -0.15) is 5.10 Å². The van der Waals surface area contributed by atoms with Crippen molar-refractivity contribution in [2.75, 3.05) is 13.1 Å². The minimum atomic E-state index is 0. The third-order valence-corrected chi connectivity index (χ3v) is 3.51. The van der Waals surface area contributed by atoms with Gasteiger partial charge in [0.15, 0.2) is 0 Å². The summed E-state index contributed by atoms with van der Waals surface area (Å²) in [5.41, 5.74) is 2.02. The number of rotatable bonds is 4. The van der Waals surface area contributed by atoms with Crippen LogP contribution in [0, 0.1) is 5.92 Å². The molecule has 0 aromatic carbocycles. The summed E-state index contributed by atoms with van der Waals surface area (Å²) >= 11 is 0. The van der Waals surface area contributed by atoms with E-state index in [0.29, 0.717) is 18.9 Å². The molecule has 0 saturated carbocycles. The van der Waals surface area contributed by atoms with Crippen LogP contribution in [0.15, 0.2) is 6.07 Å². The number of nitrogens with zero attached hydrogens (tertiary/aromatic N) is 1. The predicted octanol–water partition coefficient (Wildman–Crippen LogP) is 1.74. The van der Waals surface area contributed by atoms with Crippen LogP contribution in [0.25, 0.3) is 0 Å². The lowest BCUT2D eigenvalue weighted by Crippen LogP contribution is -2.26. The van der Waals surface area contributed by atoms with E-state index in [0.717, 1.165) is 30.9 Å². The van der Waals surface area contributed by atoms with Crippen LogP contribution in [0.1, 0.15) is 45.0 Å². The molecule has 1 aromatic rings. The molecule has 0 aliphatic carbocycles. The van der Waals surface area contributed by atoms with Crippen molar-refractivity contribution in [3.8, 4) is 0 Å². The standard InChI is InChI=1S/C14H24N4O.ClH/c1-14(2,3)12-7-11(17-18-12)9-16-13(19)6-10-4-5-15-8-10;/h7,10,15H,4-6,8-9H2,1-3H3,(H,16,19)(H,17,18);1H. The van der Waals surface area contributed by atoms with Gasteiger partial charge in [-0.1, -0.05) is 20.8 Å². The maximum Gasteiger partial charge on any atom is 0.220 e. The van der Waals surface area contributed by atoms with E-state index in [1.807, 2.05) is 6.07 Å². The Morgan fingerprint density at radius 2 is 2.25 bits per heavy atom. The number of halogens is 1. The van der Waals surface area contributed by atoms with Crippen molar-refractivity contribution in [3.63, 3.8) is 0 Å². The molecule has 2 heterocycles. The molecule has 1 aliphatic rings. The lowest BCUT2D eigenvalue weighted by molar-refractivity contribution is -0.122. The number of H-pyrrole nitrogens is 1. The third-order valence-electron chi connectivity index (χ3n) is 3.51. The van der Waals surface area contributed by atoms with Crippen molar-refractivity contribution in [1.29, 1.82) is 0 Å². The zero-order valence-electron chi connectivity index (χ0n) is 12.5. The van der Waals surface area contributed by atoms with Gasteiger partial charge in [-0.25, -0.2) is 0 Å². The molecule has 0 radical (unpaired) electrons. The Kier molecular flexibility index (Phi) is 6.02. The molecule has 2 rings (SSSR count). The van der Waals surface area contributed by atoms with Crippen LogP contribution in [-0.4, -0.2) is 29.2 Å². The van der Waals surface area contributed by atoms with Crippen molar-refractivity contribution in [2.24, 2.45) is 5.92 Å². The number of aromatic amines is 1. The van der Waals surface area contributed by atoms with E-state index in [-0.39, 0.29) is 23.7 Å². The highest BCUT2D eigenvalue weighted by Crippen LogP contribution is 2.20. The fourth-order valence-electron chi connectivity index (χ4n) is 2.25. The molecule has 3 N–H and O–H groups in total. The Labute approximate surface area is 126 Å². The molecule has 1 unspecified atom stereocenters. The first-order valence-corrected chi connectivity index (χ1v) is 6.97. The first-order valence-electron chi connectivity index (χ1n) is 6.97. The zero-order valence-corrected chi connectivity index (χ0v) is 13.3. The average molecular weight is 301 g/mol. The molecule has 0 spiro atoms. The van der Waals surface area contributed by atoms with Crippen molar-refractivity contribution < 1.29 is 4.79 Å². The topological polar surface area (TPSA) is 69.8 Å². The van der Waals surface area contributed by atoms with Crippen molar-refractivity contribution in [1.82, 2.24) is 20.8 Å². The van der Waals surface area contributed by atoms with E-state index in [2.05, 4.69) is 41.6 Å². The van der Waals surface area contributed by atoms with E-state index in [1.54, 1.807) is 0 Å². The van der Waals surface area contributed by atoms with E-state index in [9.17, 15) is 4.79 Å². The van der Waals surface area contributed by atoms with Crippen LogP contribution in [0.2, 0.25) is 0 Å². The third kappa shape index (κ3) is 4.80. The molecule has 1 aliphatic heterocycles. The Bertz CT molecular complexity index is 433. The lowest BCUT2D eigenvalue weighted by Gasteiger charge is -2.13. The van der Waals surface area contributed by atoms with Gasteiger partial charge in [-0.15, -0.1) is 12.4 Å². The SMILES string of the molecule is CC(C)(C)c1cc(CNC(=O)CC2CCNC2)[nH]n1.Cl. The number of carbonyl (C=O) groups is 1. The summed E-state index contributed by atoms with van der Waals surface area (Å²) in [4.78, 5) is 11.8. The minimum absolute atomic E-state index is 0. The van der Waals surface area contributed by atoms with Crippen molar-refractivity contribution >= 4 is 18.3 Å². The Balaban J connectivity index is 0.00000200. The van der Waals surface area contributed by atoms with Crippen LogP contribution in [0.5, 0.6) is 0 Å². The largest absolute Gasteiger partial charge is 0.350 e. The second-order valence-corrected chi connectivity index (χ2v) is 6.37. The molecular formula is C14H25ClN4O. The zero-order chi connectivity index (χ0) is 13.9. The summed E-state index contributed by atoms with van der Waals surface area (Å²) in [6.45, 7) is 8.90. The molecule has 1 fully saturated rings. The lowest BCUT2D eigenvalue weighted by atomic mass is 9.92. The predicted molar refractivity (Wildman–Crippen MR) is 82.0 cm³/mol. The first-order chi connectivity index (χ1) is 8.95. The van der Waals surface area contributed by atoms with Crippen molar-refractivity contribution in [2.45, 2.75) is 45.6 Å². The molecule has 1 atom stereocenters. The molecule has 1 saturated heterocycles. The number of hydrogen-bond acceptors (Lipinski definition) is 3. The van der Waals surface area contributed by atoms with Crippen LogP contribution >= 0.6 is 12.4 Å². The maximum atomic E-state index is 11.8. The molecule has 20 heavy (non-hydrogen) atoms. The molecular weight excluding hydrogens is 276 g/mol. The summed E-state index contributed by atoms with van der Waals surface area (Å²) in [7, 11) is 0. The summed E-state index contributed by atoms with van der Waals surface area (Å²) < 4.78 is 0. The highest BCUT2D eigenvalue weighted by Gasteiger charge is 2.19. The minimum Gasteiger partial charge on any atom is -0.350 e. The Hall–Kier alpha value is -1.07. The summed E-state index contributed by atoms with van der Waals surface area (Å²) in [5.74, 6) is 0.618. The van der Waals surface area contributed by atoms with Gasteiger partial charge in [0.1, 0.15) is 0 Å². The molecule has 6 heteroatoms. The highest BCUT2D eigenvalue weighted by atomic mass is 35.5. The second-order valence-electron chi connectivity index (χ2n) is 6.37. The maximum absolute atomic E-state index is 11.8. The first kappa shape index (κ1) is 17.0. The summed E-state index contributed by atoms with van der Waals surface area (Å²) in [6.07, 6.45) is 1.72.